The van der Waals surface area contributed by atoms with Gasteiger partial charge in [-0.25, -0.2) is 0 Å². The van der Waals surface area contributed by atoms with E-state index >= 15 is 0 Å². The summed E-state index contributed by atoms with van der Waals surface area (Å²) < 4.78 is 6.52. The summed E-state index contributed by atoms with van der Waals surface area (Å²) in [5.41, 5.74) is 2.45. The molecule has 3 nitrogen and oxygen atoms in total. The highest BCUT2D eigenvalue weighted by Gasteiger charge is 2.14. The lowest BCUT2D eigenvalue weighted by atomic mass is 10.1. The van der Waals surface area contributed by atoms with E-state index in [0.29, 0.717) is 5.76 Å². The van der Waals surface area contributed by atoms with Crippen molar-refractivity contribution in [3.05, 3.63) is 70.2 Å². The van der Waals surface area contributed by atoms with Gasteiger partial charge in [-0.2, -0.15) is 0 Å². The van der Waals surface area contributed by atoms with E-state index in [-0.39, 0.29) is 5.78 Å². The molecule has 4 heteroatoms. The standard InChI is InChI=1S/C17H12BrNO2/c1-11-14-4-2-3-5-16(14)21-17(11)15(20)7-6-12-8-13(18)10-19-9-12/h2-10H,1H3/b7-6+. The number of hydrogen-bond donors (Lipinski definition) is 0. The molecule has 3 aromatic rings. The summed E-state index contributed by atoms with van der Waals surface area (Å²) in [5, 5.41) is 0.971. The molecule has 1 aromatic carbocycles. The van der Waals surface area contributed by atoms with Crippen LogP contribution in [-0.2, 0) is 0 Å². The second-order valence-corrected chi connectivity index (χ2v) is 5.60. The molecular weight excluding hydrogens is 330 g/mol. The van der Waals surface area contributed by atoms with Crippen LogP contribution in [0.4, 0.5) is 0 Å². The zero-order chi connectivity index (χ0) is 14.8. The van der Waals surface area contributed by atoms with Crippen molar-refractivity contribution in [2.45, 2.75) is 6.92 Å². The first-order valence-electron chi connectivity index (χ1n) is 6.46. The fraction of sp³-hybridized carbons (Fsp3) is 0.0588. The second-order valence-electron chi connectivity index (χ2n) is 4.69. The number of pyridine rings is 1. The van der Waals surface area contributed by atoms with Crippen molar-refractivity contribution < 1.29 is 9.21 Å². The number of carbonyl (C=O) groups is 1. The maximum atomic E-state index is 12.3. The number of fused-ring (bicyclic) bond motifs is 1. The molecule has 0 fully saturated rings. The number of furan rings is 1. The Kier molecular flexibility index (Phi) is 3.71. The molecule has 0 unspecified atom stereocenters. The average Bonchev–Trinajstić information content (AvgIpc) is 2.83. The monoisotopic (exact) mass is 341 g/mol. The van der Waals surface area contributed by atoms with Gasteiger partial charge in [0.05, 0.1) is 0 Å². The van der Waals surface area contributed by atoms with E-state index < -0.39 is 0 Å². The van der Waals surface area contributed by atoms with Gasteiger partial charge >= 0.3 is 0 Å². The third-order valence-electron chi connectivity index (χ3n) is 3.22. The lowest BCUT2D eigenvalue weighted by molar-refractivity contribution is 0.102. The summed E-state index contributed by atoms with van der Waals surface area (Å²) in [6.07, 6.45) is 6.63. The van der Waals surface area contributed by atoms with Gasteiger partial charge in [0, 0.05) is 27.8 Å². The number of nitrogens with zero attached hydrogens (tertiary/aromatic N) is 1. The molecule has 0 aliphatic heterocycles. The van der Waals surface area contributed by atoms with E-state index in [1.807, 2.05) is 37.3 Å². The lowest BCUT2D eigenvalue weighted by Crippen LogP contribution is -1.94. The van der Waals surface area contributed by atoms with Crippen LogP contribution in [0.1, 0.15) is 21.7 Å². The van der Waals surface area contributed by atoms with Gasteiger partial charge in [0.1, 0.15) is 5.58 Å². The fourth-order valence-corrected chi connectivity index (χ4v) is 2.56. The van der Waals surface area contributed by atoms with E-state index in [4.69, 9.17) is 4.42 Å². The predicted molar refractivity (Wildman–Crippen MR) is 86.3 cm³/mol. The molecule has 0 bridgehead atoms. The quantitative estimate of drug-likeness (QED) is 0.507. The highest BCUT2D eigenvalue weighted by Crippen LogP contribution is 2.25. The number of allylic oxidation sites excluding steroid dienone is 1. The third-order valence-corrected chi connectivity index (χ3v) is 3.65. The number of aromatic nitrogens is 1. The molecule has 0 spiro atoms. The first-order valence-corrected chi connectivity index (χ1v) is 7.25. The third kappa shape index (κ3) is 2.81. The average molecular weight is 342 g/mol. The molecule has 104 valence electrons. The fourth-order valence-electron chi connectivity index (χ4n) is 2.18. The summed E-state index contributed by atoms with van der Waals surface area (Å²) in [4.78, 5) is 16.3. The highest BCUT2D eigenvalue weighted by molar-refractivity contribution is 9.10. The minimum atomic E-state index is -0.149. The van der Waals surface area contributed by atoms with Gasteiger partial charge in [-0.3, -0.25) is 9.78 Å². The number of carbonyl (C=O) groups excluding carboxylic acids is 1. The minimum Gasteiger partial charge on any atom is -0.452 e. The van der Waals surface area contributed by atoms with Crippen LogP contribution < -0.4 is 0 Å². The second kappa shape index (κ2) is 5.66. The normalized spacial score (nSPS) is 11.3. The molecule has 0 aliphatic carbocycles. The molecule has 0 amide bonds. The maximum absolute atomic E-state index is 12.3. The Hall–Kier alpha value is -2.20. The SMILES string of the molecule is Cc1c(C(=O)/C=C/c2cncc(Br)c2)oc2ccccc12. The summed E-state index contributed by atoms with van der Waals surface area (Å²) in [7, 11) is 0. The molecule has 2 heterocycles. The van der Waals surface area contributed by atoms with Gasteiger partial charge in [0.25, 0.3) is 0 Å². The number of aryl methyl sites for hydroxylation is 1. The summed E-state index contributed by atoms with van der Waals surface area (Å²) in [6.45, 7) is 1.90. The number of hydrogen-bond acceptors (Lipinski definition) is 3. The van der Waals surface area contributed by atoms with Crippen molar-refractivity contribution in [1.29, 1.82) is 0 Å². The Morgan fingerprint density at radius 2 is 2.10 bits per heavy atom. The van der Waals surface area contributed by atoms with E-state index in [2.05, 4.69) is 20.9 Å². The molecule has 3 rings (SSSR count). The Labute approximate surface area is 130 Å². The van der Waals surface area contributed by atoms with Gasteiger partial charge in [0.2, 0.25) is 5.78 Å². The van der Waals surface area contributed by atoms with Crippen molar-refractivity contribution in [1.82, 2.24) is 4.98 Å². The zero-order valence-electron chi connectivity index (χ0n) is 11.3. The first-order chi connectivity index (χ1) is 10.1. The van der Waals surface area contributed by atoms with Crippen molar-refractivity contribution in [2.75, 3.05) is 0 Å². The molecule has 0 saturated heterocycles. The molecule has 21 heavy (non-hydrogen) atoms. The number of para-hydroxylation sites is 1. The van der Waals surface area contributed by atoms with Crippen molar-refractivity contribution >= 4 is 38.8 Å². The van der Waals surface area contributed by atoms with Gasteiger partial charge in [-0.05, 0) is 52.7 Å². The van der Waals surface area contributed by atoms with Gasteiger partial charge in [-0.15, -0.1) is 0 Å². The number of rotatable bonds is 3. The molecule has 0 atom stereocenters. The number of halogens is 1. The van der Waals surface area contributed by atoms with Crippen LogP contribution in [0.3, 0.4) is 0 Å². The van der Waals surface area contributed by atoms with Gasteiger partial charge < -0.3 is 4.42 Å². The molecule has 0 radical (unpaired) electrons. The topological polar surface area (TPSA) is 43.1 Å². The molecule has 0 N–H and O–H groups in total. The Balaban J connectivity index is 1.92. The van der Waals surface area contributed by atoms with E-state index in [0.717, 1.165) is 26.6 Å². The van der Waals surface area contributed by atoms with Crippen LogP contribution in [0.15, 0.2) is 57.7 Å². The van der Waals surface area contributed by atoms with Crippen LogP contribution in [0.2, 0.25) is 0 Å². The number of ketones is 1. The molecular formula is C17H12BrNO2. The van der Waals surface area contributed by atoms with Crippen LogP contribution in [-0.4, -0.2) is 10.8 Å². The van der Waals surface area contributed by atoms with E-state index in [9.17, 15) is 4.79 Å². The largest absolute Gasteiger partial charge is 0.452 e. The van der Waals surface area contributed by atoms with Crippen LogP contribution >= 0.6 is 15.9 Å². The van der Waals surface area contributed by atoms with Gasteiger partial charge in [-0.1, -0.05) is 18.2 Å². The van der Waals surface area contributed by atoms with Gasteiger partial charge in [0.15, 0.2) is 5.76 Å². The van der Waals surface area contributed by atoms with Crippen LogP contribution in [0, 0.1) is 6.92 Å². The highest BCUT2D eigenvalue weighted by atomic mass is 79.9. The lowest BCUT2D eigenvalue weighted by Gasteiger charge is -1.94. The van der Waals surface area contributed by atoms with E-state index in [1.165, 1.54) is 6.08 Å². The van der Waals surface area contributed by atoms with E-state index in [1.54, 1.807) is 18.5 Å². The molecule has 0 aliphatic rings. The summed E-state index contributed by atoms with van der Waals surface area (Å²) >= 11 is 3.35. The maximum Gasteiger partial charge on any atom is 0.221 e. The smallest absolute Gasteiger partial charge is 0.221 e. The van der Waals surface area contributed by atoms with Crippen LogP contribution in [0.5, 0.6) is 0 Å². The summed E-state index contributed by atoms with van der Waals surface area (Å²) in [5.74, 6) is 0.235. The summed E-state index contributed by atoms with van der Waals surface area (Å²) in [6, 6.07) is 9.53. The Morgan fingerprint density at radius 1 is 1.29 bits per heavy atom. The first kappa shape index (κ1) is 13.8. The van der Waals surface area contributed by atoms with Crippen molar-refractivity contribution in [3.63, 3.8) is 0 Å². The minimum absolute atomic E-state index is 0.149. The molecule has 2 aromatic heterocycles. The zero-order valence-corrected chi connectivity index (χ0v) is 12.9. The Bertz CT molecular complexity index is 849. The predicted octanol–water partition coefficient (Wildman–Crippen LogP) is 4.79. The van der Waals surface area contributed by atoms with Crippen molar-refractivity contribution in [2.24, 2.45) is 0 Å². The Morgan fingerprint density at radius 3 is 2.86 bits per heavy atom. The molecule has 0 saturated carbocycles. The number of benzene rings is 1. The van der Waals surface area contributed by atoms with Crippen LogP contribution in [0.25, 0.3) is 17.0 Å². The van der Waals surface area contributed by atoms with Crippen molar-refractivity contribution in [3.8, 4) is 0 Å².